The number of hydrogen-bond acceptors (Lipinski definition) is 4. The Bertz CT molecular complexity index is 510. The van der Waals surface area contributed by atoms with Crippen molar-refractivity contribution >= 4 is 11.9 Å². The standard InChI is InChI=1S/C14H21N3O3/c1-4-11-8-12(17(5-2)15-11)13(18)16-7-6-10(9-16)14(19)20-3/h8,10H,4-7,9H2,1-3H3. The summed E-state index contributed by atoms with van der Waals surface area (Å²) in [7, 11) is 1.38. The molecule has 110 valence electrons. The second kappa shape index (κ2) is 6.07. The number of esters is 1. The van der Waals surface area contributed by atoms with E-state index in [0.29, 0.717) is 31.7 Å². The number of hydrogen-bond donors (Lipinski definition) is 0. The van der Waals surface area contributed by atoms with Gasteiger partial charge in [0.25, 0.3) is 5.91 Å². The molecule has 6 nitrogen and oxygen atoms in total. The van der Waals surface area contributed by atoms with Crippen molar-refractivity contribution in [3.63, 3.8) is 0 Å². The Morgan fingerprint density at radius 3 is 2.80 bits per heavy atom. The third-order valence-corrected chi connectivity index (χ3v) is 3.72. The van der Waals surface area contributed by atoms with E-state index in [1.807, 2.05) is 19.9 Å². The van der Waals surface area contributed by atoms with Gasteiger partial charge in [0.2, 0.25) is 0 Å². The summed E-state index contributed by atoms with van der Waals surface area (Å²) in [6, 6.07) is 1.84. The van der Waals surface area contributed by atoms with Gasteiger partial charge in [0.05, 0.1) is 18.7 Å². The van der Waals surface area contributed by atoms with Gasteiger partial charge in [-0.25, -0.2) is 0 Å². The minimum Gasteiger partial charge on any atom is -0.469 e. The van der Waals surface area contributed by atoms with Crippen LogP contribution < -0.4 is 0 Å². The highest BCUT2D eigenvalue weighted by atomic mass is 16.5. The number of likely N-dealkylation sites (tertiary alicyclic amines) is 1. The van der Waals surface area contributed by atoms with Crippen LogP contribution in [0, 0.1) is 5.92 Å². The highest BCUT2D eigenvalue weighted by Crippen LogP contribution is 2.20. The maximum atomic E-state index is 12.5. The number of carbonyl (C=O) groups excluding carboxylic acids is 2. The third-order valence-electron chi connectivity index (χ3n) is 3.72. The van der Waals surface area contributed by atoms with Crippen molar-refractivity contribution in [2.75, 3.05) is 20.2 Å². The molecule has 1 fully saturated rings. The van der Waals surface area contributed by atoms with E-state index < -0.39 is 0 Å². The molecule has 1 atom stereocenters. The maximum Gasteiger partial charge on any atom is 0.310 e. The molecule has 0 aromatic carbocycles. The van der Waals surface area contributed by atoms with Crippen LogP contribution in [-0.4, -0.2) is 46.8 Å². The van der Waals surface area contributed by atoms with Gasteiger partial charge in [0, 0.05) is 19.6 Å². The van der Waals surface area contributed by atoms with Crippen molar-refractivity contribution < 1.29 is 14.3 Å². The number of aromatic nitrogens is 2. The summed E-state index contributed by atoms with van der Waals surface area (Å²) in [6.07, 6.45) is 1.47. The second-order valence-electron chi connectivity index (χ2n) is 4.95. The number of nitrogens with zero attached hydrogens (tertiary/aromatic N) is 3. The summed E-state index contributed by atoms with van der Waals surface area (Å²) in [5.41, 5.74) is 1.52. The molecule has 1 amide bonds. The molecule has 0 radical (unpaired) electrons. The van der Waals surface area contributed by atoms with Crippen molar-refractivity contribution in [2.24, 2.45) is 5.92 Å². The van der Waals surface area contributed by atoms with E-state index in [-0.39, 0.29) is 17.8 Å². The summed E-state index contributed by atoms with van der Waals surface area (Å²) in [4.78, 5) is 25.8. The fourth-order valence-electron chi connectivity index (χ4n) is 2.52. The average Bonchev–Trinajstić information content (AvgIpc) is 3.11. The molecule has 20 heavy (non-hydrogen) atoms. The number of methoxy groups -OCH3 is 1. The molecular weight excluding hydrogens is 258 g/mol. The molecule has 2 heterocycles. The molecule has 2 rings (SSSR count). The normalized spacial score (nSPS) is 18.4. The first-order valence-electron chi connectivity index (χ1n) is 7.04. The Balaban J connectivity index is 2.12. The lowest BCUT2D eigenvalue weighted by atomic mass is 10.1. The number of rotatable bonds is 4. The molecule has 1 unspecified atom stereocenters. The lowest BCUT2D eigenvalue weighted by molar-refractivity contribution is -0.144. The van der Waals surface area contributed by atoms with Crippen molar-refractivity contribution in [3.8, 4) is 0 Å². The van der Waals surface area contributed by atoms with Crippen LogP contribution in [0.2, 0.25) is 0 Å². The molecule has 6 heteroatoms. The maximum absolute atomic E-state index is 12.5. The lowest BCUT2D eigenvalue weighted by Gasteiger charge is -2.16. The Morgan fingerprint density at radius 2 is 2.20 bits per heavy atom. The Labute approximate surface area is 118 Å². The molecule has 1 aromatic rings. The molecule has 0 bridgehead atoms. The van der Waals surface area contributed by atoms with E-state index >= 15 is 0 Å². The lowest BCUT2D eigenvalue weighted by Crippen LogP contribution is -2.31. The highest BCUT2D eigenvalue weighted by Gasteiger charge is 2.33. The van der Waals surface area contributed by atoms with Crippen LogP contribution in [0.15, 0.2) is 6.07 Å². The predicted molar refractivity (Wildman–Crippen MR) is 73.3 cm³/mol. The Morgan fingerprint density at radius 1 is 1.45 bits per heavy atom. The van der Waals surface area contributed by atoms with Crippen LogP contribution in [0.5, 0.6) is 0 Å². The van der Waals surface area contributed by atoms with Gasteiger partial charge in [-0.1, -0.05) is 6.92 Å². The van der Waals surface area contributed by atoms with Crippen molar-refractivity contribution in [2.45, 2.75) is 33.2 Å². The Kier molecular flexibility index (Phi) is 4.42. The number of amides is 1. The van der Waals surface area contributed by atoms with Crippen LogP contribution in [-0.2, 0) is 22.5 Å². The van der Waals surface area contributed by atoms with Crippen molar-refractivity contribution in [3.05, 3.63) is 17.5 Å². The molecule has 0 spiro atoms. The van der Waals surface area contributed by atoms with E-state index in [2.05, 4.69) is 5.10 Å². The van der Waals surface area contributed by atoms with Crippen LogP contribution >= 0.6 is 0 Å². The van der Waals surface area contributed by atoms with Crippen LogP contribution in [0.4, 0.5) is 0 Å². The predicted octanol–water partition coefficient (Wildman–Crippen LogP) is 1.10. The average molecular weight is 279 g/mol. The smallest absolute Gasteiger partial charge is 0.310 e. The van der Waals surface area contributed by atoms with E-state index in [0.717, 1.165) is 12.1 Å². The number of carbonyl (C=O) groups is 2. The summed E-state index contributed by atoms with van der Waals surface area (Å²) in [6.45, 7) is 5.66. The SMILES string of the molecule is CCc1cc(C(=O)N2CCC(C(=O)OC)C2)n(CC)n1. The molecule has 0 aliphatic carbocycles. The minimum atomic E-state index is -0.237. The monoisotopic (exact) mass is 279 g/mol. The molecule has 1 aromatic heterocycles. The fourth-order valence-corrected chi connectivity index (χ4v) is 2.52. The van der Waals surface area contributed by atoms with Crippen LogP contribution in [0.3, 0.4) is 0 Å². The van der Waals surface area contributed by atoms with Gasteiger partial charge >= 0.3 is 5.97 Å². The highest BCUT2D eigenvalue weighted by molar-refractivity contribution is 5.93. The molecule has 0 saturated carbocycles. The quantitative estimate of drug-likeness (QED) is 0.774. The molecule has 0 N–H and O–H groups in total. The Hall–Kier alpha value is -1.85. The summed E-state index contributed by atoms with van der Waals surface area (Å²) < 4.78 is 6.47. The van der Waals surface area contributed by atoms with Gasteiger partial charge in [0.15, 0.2) is 0 Å². The van der Waals surface area contributed by atoms with E-state index in [1.165, 1.54) is 7.11 Å². The summed E-state index contributed by atoms with van der Waals surface area (Å²) in [5.74, 6) is -0.489. The first kappa shape index (κ1) is 14.6. The zero-order chi connectivity index (χ0) is 14.7. The minimum absolute atomic E-state index is 0.0505. The van der Waals surface area contributed by atoms with Crippen molar-refractivity contribution in [1.82, 2.24) is 14.7 Å². The first-order chi connectivity index (χ1) is 9.60. The van der Waals surface area contributed by atoms with E-state index in [1.54, 1.807) is 9.58 Å². The number of ether oxygens (including phenoxy) is 1. The third kappa shape index (κ3) is 2.69. The largest absolute Gasteiger partial charge is 0.469 e. The topological polar surface area (TPSA) is 64.4 Å². The van der Waals surface area contributed by atoms with E-state index in [9.17, 15) is 9.59 Å². The second-order valence-corrected chi connectivity index (χ2v) is 4.95. The molecule has 1 aliphatic rings. The van der Waals surface area contributed by atoms with Gasteiger partial charge in [-0.3, -0.25) is 14.3 Å². The van der Waals surface area contributed by atoms with E-state index in [4.69, 9.17) is 4.74 Å². The summed E-state index contributed by atoms with van der Waals surface area (Å²) in [5, 5.41) is 4.39. The van der Waals surface area contributed by atoms with Gasteiger partial charge < -0.3 is 9.64 Å². The zero-order valence-corrected chi connectivity index (χ0v) is 12.3. The van der Waals surface area contributed by atoms with Crippen LogP contribution in [0.1, 0.15) is 36.5 Å². The fraction of sp³-hybridized carbons (Fsp3) is 0.643. The van der Waals surface area contributed by atoms with Gasteiger partial charge in [-0.05, 0) is 25.8 Å². The summed E-state index contributed by atoms with van der Waals surface area (Å²) >= 11 is 0. The molecule has 1 aliphatic heterocycles. The first-order valence-corrected chi connectivity index (χ1v) is 7.04. The van der Waals surface area contributed by atoms with Gasteiger partial charge in [0.1, 0.15) is 5.69 Å². The van der Waals surface area contributed by atoms with Gasteiger partial charge in [-0.15, -0.1) is 0 Å². The van der Waals surface area contributed by atoms with Crippen LogP contribution in [0.25, 0.3) is 0 Å². The van der Waals surface area contributed by atoms with Crippen molar-refractivity contribution in [1.29, 1.82) is 0 Å². The zero-order valence-electron chi connectivity index (χ0n) is 12.3. The number of aryl methyl sites for hydroxylation is 2. The van der Waals surface area contributed by atoms with Gasteiger partial charge in [-0.2, -0.15) is 5.10 Å². The molecular formula is C14H21N3O3. The molecule has 1 saturated heterocycles.